The second-order valence-corrected chi connectivity index (χ2v) is 35.5. The van der Waals surface area contributed by atoms with E-state index in [1.54, 1.807) is 0 Å². The molecule has 0 saturated heterocycles. The van der Waals surface area contributed by atoms with E-state index in [9.17, 15) is 0 Å². The summed E-state index contributed by atoms with van der Waals surface area (Å²) in [7, 11) is 8.59. The number of hydrogen-bond acceptors (Lipinski definition) is 0. The van der Waals surface area contributed by atoms with E-state index in [-0.39, 0.29) is 0 Å². The Kier molecular flexibility index (Phi) is 27.0. The van der Waals surface area contributed by atoms with Crippen LogP contribution in [0, 0.1) is 138 Å². The van der Waals surface area contributed by atoms with Crippen LogP contribution in [0.15, 0.2) is 316 Å². The molecule has 4 heterocycles. The highest BCUT2D eigenvalue weighted by atomic mass is 14.9. The predicted octanol–water partition coefficient (Wildman–Crippen LogP) is 29.9. The van der Waals surface area contributed by atoms with Gasteiger partial charge in [-0.3, -0.25) is 0 Å². The van der Waals surface area contributed by atoms with E-state index in [2.05, 4.69) is 501 Å². The molecule has 0 unspecified atom stereocenters. The molecule has 0 saturated carbocycles. The van der Waals surface area contributed by atoms with Gasteiger partial charge in [-0.25, -0.2) is 18.3 Å². The van der Waals surface area contributed by atoms with Crippen LogP contribution in [0.3, 0.4) is 0 Å². The molecule has 0 bridgehead atoms. The maximum Gasteiger partial charge on any atom is 0.213 e. The summed E-state index contributed by atoms with van der Waals surface area (Å²) in [5.74, 6) is 0. The Morgan fingerprint density at radius 3 is 0.730 bits per heavy atom. The van der Waals surface area contributed by atoms with Crippen molar-refractivity contribution in [2.24, 2.45) is 28.2 Å². The molecule has 0 amide bonds. The van der Waals surface area contributed by atoms with Crippen molar-refractivity contribution in [1.82, 2.24) is 0 Å². The molecule has 13 aromatic carbocycles. The summed E-state index contributed by atoms with van der Waals surface area (Å²) >= 11 is 0. The van der Waals surface area contributed by atoms with Gasteiger partial charge in [0.25, 0.3) is 0 Å². The first kappa shape index (κ1) is 88.8. The van der Waals surface area contributed by atoms with Crippen LogP contribution in [-0.2, 0) is 28.2 Å². The first-order valence-corrected chi connectivity index (χ1v) is 44.5. The van der Waals surface area contributed by atoms with Gasteiger partial charge in [-0.15, -0.1) is 0 Å². The lowest BCUT2D eigenvalue weighted by Crippen LogP contribution is -2.31. The largest absolute Gasteiger partial charge is 0.213 e. The molecule has 4 nitrogen and oxygen atoms in total. The van der Waals surface area contributed by atoms with E-state index in [1.165, 1.54) is 256 Å². The van der Waals surface area contributed by atoms with Gasteiger partial charge in [-0.1, -0.05) is 265 Å². The van der Waals surface area contributed by atoms with Crippen molar-refractivity contribution in [1.29, 1.82) is 0 Å². The molecule has 4 aromatic heterocycles. The number of aryl methyl sites for hydroxylation is 20. The summed E-state index contributed by atoms with van der Waals surface area (Å²) in [6.45, 7) is 44.1. The molecule has 17 rings (SSSR count). The summed E-state index contributed by atoms with van der Waals surface area (Å²) in [6, 6.07) is 106. The zero-order valence-electron chi connectivity index (χ0n) is 78.8. The lowest BCUT2D eigenvalue weighted by atomic mass is 9.89. The van der Waals surface area contributed by atoms with Crippen molar-refractivity contribution in [3.05, 3.63) is 427 Å². The second-order valence-electron chi connectivity index (χ2n) is 35.5. The highest BCUT2D eigenvalue weighted by Crippen LogP contribution is 2.42. The van der Waals surface area contributed by atoms with E-state index >= 15 is 0 Å². The Hall–Kier alpha value is -13.5. The third-order valence-electron chi connectivity index (χ3n) is 25.9. The van der Waals surface area contributed by atoms with Crippen molar-refractivity contribution in [2.75, 3.05) is 0 Å². The monoisotopic (exact) mass is 1640 g/mol. The van der Waals surface area contributed by atoms with E-state index in [0.29, 0.717) is 0 Å². The highest BCUT2D eigenvalue weighted by molar-refractivity contribution is 5.87. The second kappa shape index (κ2) is 38.3. The highest BCUT2D eigenvalue weighted by Gasteiger charge is 2.26. The standard InChI is InChI=1S/C35H34N.C30H32N.C29H30N.C28H28N/c1-23-15-17-31(24(2)19-23)34-21-35(36(6)22-26(34)4)33-14-10-13-32(27(33)5)30-18-16-29(20-25(30)3)28-11-8-7-9-12-28;1-19-14-15-25(22(4)16-19)26-12-9-13-27(24(26)6)29-17-28(23(5)18-31(29)7)30-20(2)10-8-11-21(30)3;1-19-14-15-25(21(3)16-19)26-12-9-13-27(23(26)5)29-17-28(22(4)18-30(29)6)24-11-8-7-10-20(24)2;1-19-14-15-24(20(2)16-19)25-12-9-13-26(22(25)4)28-17-27(21(3)18-29(28)5)23-10-7-6-8-11-23/h7-22H,1-6H3;8-18H,1-7H3;7-18H,1-6H3;6-18H,1-5H3/q4*+1. The Morgan fingerprint density at radius 1 is 0.143 bits per heavy atom. The number of rotatable bonds is 13. The minimum Gasteiger partial charge on any atom is -0.201 e. The number of hydrogen-bond donors (Lipinski definition) is 0. The first-order valence-electron chi connectivity index (χ1n) is 44.5. The molecule has 0 aliphatic rings. The van der Waals surface area contributed by atoms with Gasteiger partial charge in [0, 0.05) is 68.8 Å². The SMILES string of the molecule is Cc1ccc(-c2cc(-c3cccc(-c4ccc(-c5ccccc5)cc4C)c3C)[n+](C)cc2C)c(C)c1.Cc1ccc(-c2cccc(-c3cc(-c4c(C)cccc4C)c(C)c[n+]3C)c2C)c(C)c1.Cc1ccc(-c2cccc(-c3cc(-c4ccccc4)c(C)c[n+]3C)c2C)c(C)c1.Cc1ccc(-c2cccc(-c3cc(-c4ccccc4C)c(C)c[n+]3C)c2C)c(C)c1. The Bertz CT molecular complexity index is 6950. The molecule has 0 aliphatic heterocycles. The fourth-order valence-electron chi connectivity index (χ4n) is 19.2. The summed E-state index contributed by atoms with van der Waals surface area (Å²) in [6.07, 6.45) is 9.01. The molecule has 0 fully saturated rings. The molecule has 0 radical (unpaired) electrons. The molecule has 4 heteroatoms. The van der Waals surface area contributed by atoms with Crippen LogP contribution in [0.2, 0.25) is 0 Å². The van der Waals surface area contributed by atoms with E-state index in [1.807, 2.05) is 0 Å². The smallest absolute Gasteiger partial charge is 0.201 e. The van der Waals surface area contributed by atoms with Crippen molar-refractivity contribution >= 4 is 0 Å². The molecule has 0 atom stereocenters. The van der Waals surface area contributed by atoms with Crippen LogP contribution in [0.1, 0.15) is 111 Å². The molecular formula is C122H124N4+4. The van der Waals surface area contributed by atoms with E-state index in [0.717, 1.165) is 0 Å². The maximum absolute atomic E-state index is 2.37. The van der Waals surface area contributed by atoms with Gasteiger partial charge < -0.3 is 0 Å². The summed E-state index contributed by atoms with van der Waals surface area (Å²) in [5.41, 5.74) is 59.6. The molecule has 628 valence electrons. The average Bonchev–Trinajstić information content (AvgIpc) is 0.780. The van der Waals surface area contributed by atoms with Crippen molar-refractivity contribution < 1.29 is 18.3 Å². The zero-order valence-corrected chi connectivity index (χ0v) is 78.8. The van der Waals surface area contributed by atoms with Gasteiger partial charge in [0.1, 0.15) is 28.2 Å². The fourth-order valence-corrected chi connectivity index (χ4v) is 19.2. The number of pyridine rings is 4. The van der Waals surface area contributed by atoms with Gasteiger partial charge >= 0.3 is 0 Å². The van der Waals surface area contributed by atoms with Crippen LogP contribution in [0.4, 0.5) is 0 Å². The van der Waals surface area contributed by atoms with Gasteiger partial charge in [0.2, 0.25) is 22.8 Å². The molecule has 0 spiro atoms. The lowest BCUT2D eigenvalue weighted by molar-refractivity contribution is -0.660. The lowest BCUT2D eigenvalue weighted by Gasteiger charge is -2.16. The first-order chi connectivity index (χ1) is 60.4. The number of aromatic nitrogens is 4. The van der Waals surface area contributed by atoms with Crippen molar-refractivity contribution in [3.8, 4) is 145 Å². The quantitative estimate of drug-likeness (QED) is 0.102. The number of nitrogens with zero attached hydrogens (tertiary/aromatic N) is 4. The maximum atomic E-state index is 2.37. The Labute approximate surface area is 752 Å². The Balaban J connectivity index is 0.000000137. The van der Waals surface area contributed by atoms with Crippen LogP contribution in [0.25, 0.3) is 145 Å². The van der Waals surface area contributed by atoms with Crippen LogP contribution >= 0.6 is 0 Å². The average molecular weight is 1650 g/mol. The molecule has 0 aliphatic carbocycles. The van der Waals surface area contributed by atoms with Crippen molar-refractivity contribution in [2.45, 2.75) is 138 Å². The summed E-state index contributed by atoms with van der Waals surface area (Å²) in [5, 5.41) is 0. The molecule has 126 heavy (non-hydrogen) atoms. The summed E-state index contributed by atoms with van der Waals surface area (Å²) < 4.78 is 9.03. The van der Waals surface area contributed by atoms with E-state index in [4.69, 9.17) is 0 Å². The normalized spacial score (nSPS) is 11.0. The van der Waals surface area contributed by atoms with Gasteiger partial charge in [-0.2, -0.15) is 0 Å². The molecular weight excluding hydrogens is 1520 g/mol. The van der Waals surface area contributed by atoms with Gasteiger partial charge in [0.15, 0.2) is 24.8 Å². The minimum absolute atomic E-state index is 1.23. The number of benzene rings is 13. The molecule has 17 aromatic rings. The van der Waals surface area contributed by atoms with Gasteiger partial charge in [0.05, 0.1) is 0 Å². The van der Waals surface area contributed by atoms with Crippen molar-refractivity contribution in [3.63, 3.8) is 0 Å². The zero-order chi connectivity index (χ0) is 89.6. The Morgan fingerprint density at radius 2 is 0.389 bits per heavy atom. The fraction of sp³-hybridized carbons (Fsp3) is 0.197. The van der Waals surface area contributed by atoms with Crippen LogP contribution in [0.5, 0.6) is 0 Å². The third kappa shape index (κ3) is 18.9. The topological polar surface area (TPSA) is 15.5 Å². The molecule has 0 N–H and O–H groups in total. The van der Waals surface area contributed by atoms with Gasteiger partial charge in [-0.05, 0) is 330 Å². The van der Waals surface area contributed by atoms with E-state index < -0.39 is 0 Å². The van der Waals surface area contributed by atoms with Crippen LogP contribution in [-0.4, -0.2) is 0 Å². The summed E-state index contributed by atoms with van der Waals surface area (Å²) in [4.78, 5) is 0. The minimum atomic E-state index is 1.23. The van der Waals surface area contributed by atoms with Crippen LogP contribution < -0.4 is 18.3 Å². The third-order valence-corrected chi connectivity index (χ3v) is 25.9. The predicted molar refractivity (Wildman–Crippen MR) is 536 cm³/mol.